The second kappa shape index (κ2) is 3.68. The molecule has 0 saturated carbocycles. The minimum atomic E-state index is 0.141. The van der Waals surface area contributed by atoms with Gasteiger partial charge in [-0.05, 0) is 19.4 Å². The predicted molar refractivity (Wildman–Crippen MR) is 70.8 cm³/mol. The van der Waals surface area contributed by atoms with Crippen molar-refractivity contribution in [3.8, 4) is 11.3 Å². The third kappa shape index (κ3) is 1.37. The standard InChI is InChI=1S/C12H14ClN5/c1-6-5-14-12(13)11-8(6)10-9(7(2)17(11)3)15-18(4)16-10/h5,7H,1-4H3. The SMILES string of the molecule is Cc1cnc(Cl)c2c1-c1nn(C)nc1C(C)N2C. The average molecular weight is 264 g/mol. The fraction of sp³-hybridized carbons (Fsp3) is 0.417. The van der Waals surface area contributed by atoms with E-state index >= 15 is 0 Å². The van der Waals surface area contributed by atoms with Crippen molar-refractivity contribution in [1.29, 1.82) is 0 Å². The second-order valence-corrected chi connectivity index (χ2v) is 5.02. The summed E-state index contributed by atoms with van der Waals surface area (Å²) in [7, 11) is 3.84. The molecular formula is C12H14ClN5. The molecule has 3 heterocycles. The summed E-state index contributed by atoms with van der Waals surface area (Å²) >= 11 is 6.24. The molecule has 1 aliphatic rings. The third-order valence-electron chi connectivity index (χ3n) is 3.50. The van der Waals surface area contributed by atoms with Crippen LogP contribution in [0, 0.1) is 6.92 Å². The van der Waals surface area contributed by atoms with Gasteiger partial charge < -0.3 is 4.90 Å². The minimum absolute atomic E-state index is 0.141. The molecule has 2 aromatic heterocycles. The summed E-state index contributed by atoms with van der Waals surface area (Å²) in [6.45, 7) is 4.11. The van der Waals surface area contributed by atoms with E-state index in [1.54, 1.807) is 11.0 Å². The first-order valence-electron chi connectivity index (χ1n) is 5.80. The van der Waals surface area contributed by atoms with E-state index in [4.69, 9.17) is 11.6 Å². The Morgan fingerprint density at radius 2 is 2.00 bits per heavy atom. The summed E-state index contributed by atoms with van der Waals surface area (Å²) in [5.74, 6) is 0. The van der Waals surface area contributed by atoms with Crippen molar-refractivity contribution in [2.24, 2.45) is 7.05 Å². The molecule has 0 radical (unpaired) electrons. The molecule has 0 aliphatic carbocycles. The maximum Gasteiger partial charge on any atom is 0.153 e. The smallest absolute Gasteiger partial charge is 0.153 e. The van der Waals surface area contributed by atoms with Crippen LogP contribution in [0.1, 0.15) is 24.2 Å². The number of nitrogens with zero attached hydrogens (tertiary/aromatic N) is 5. The Morgan fingerprint density at radius 1 is 1.28 bits per heavy atom. The number of aromatic nitrogens is 4. The lowest BCUT2D eigenvalue weighted by Gasteiger charge is -2.33. The van der Waals surface area contributed by atoms with Crippen LogP contribution >= 0.6 is 11.6 Å². The molecule has 6 heteroatoms. The van der Waals surface area contributed by atoms with E-state index in [2.05, 4.69) is 27.0 Å². The normalized spacial score (nSPS) is 17.6. The first-order chi connectivity index (χ1) is 8.50. The summed E-state index contributed by atoms with van der Waals surface area (Å²) in [6, 6.07) is 0.141. The minimum Gasteiger partial charge on any atom is -0.363 e. The molecule has 0 saturated heterocycles. The van der Waals surface area contributed by atoms with Crippen molar-refractivity contribution in [3.63, 3.8) is 0 Å². The van der Waals surface area contributed by atoms with Gasteiger partial charge in [0.2, 0.25) is 0 Å². The summed E-state index contributed by atoms with van der Waals surface area (Å²) < 4.78 is 0. The lowest BCUT2D eigenvalue weighted by atomic mass is 9.96. The number of anilines is 1. The van der Waals surface area contributed by atoms with Gasteiger partial charge in [-0.2, -0.15) is 15.0 Å². The maximum atomic E-state index is 6.24. The Kier molecular flexibility index (Phi) is 2.35. The van der Waals surface area contributed by atoms with Crippen molar-refractivity contribution >= 4 is 17.3 Å². The van der Waals surface area contributed by atoms with Crippen LogP contribution in [0.5, 0.6) is 0 Å². The topological polar surface area (TPSA) is 46.8 Å². The summed E-state index contributed by atoms with van der Waals surface area (Å²) in [5, 5.41) is 9.44. The van der Waals surface area contributed by atoms with E-state index in [1.165, 1.54) is 0 Å². The molecular weight excluding hydrogens is 250 g/mol. The molecule has 0 amide bonds. The second-order valence-electron chi connectivity index (χ2n) is 4.67. The van der Waals surface area contributed by atoms with Crippen LogP contribution in [0.4, 0.5) is 5.69 Å². The van der Waals surface area contributed by atoms with E-state index in [-0.39, 0.29) is 6.04 Å². The van der Waals surface area contributed by atoms with Gasteiger partial charge >= 0.3 is 0 Å². The van der Waals surface area contributed by atoms with Gasteiger partial charge in [0.25, 0.3) is 0 Å². The molecule has 0 N–H and O–H groups in total. The Morgan fingerprint density at radius 3 is 2.72 bits per heavy atom. The highest BCUT2D eigenvalue weighted by Gasteiger charge is 2.33. The zero-order valence-electron chi connectivity index (χ0n) is 10.8. The van der Waals surface area contributed by atoms with E-state index in [0.29, 0.717) is 5.15 Å². The molecule has 0 fully saturated rings. The van der Waals surface area contributed by atoms with Gasteiger partial charge in [-0.3, -0.25) is 0 Å². The largest absolute Gasteiger partial charge is 0.363 e. The molecule has 94 valence electrons. The van der Waals surface area contributed by atoms with Crippen molar-refractivity contribution in [2.75, 3.05) is 11.9 Å². The zero-order chi connectivity index (χ0) is 13.0. The van der Waals surface area contributed by atoms with E-state index in [1.807, 2.05) is 21.0 Å². The Labute approximate surface area is 110 Å². The molecule has 3 rings (SSSR count). The molecule has 0 bridgehead atoms. The molecule has 5 nitrogen and oxygen atoms in total. The maximum absolute atomic E-state index is 6.24. The number of fused-ring (bicyclic) bond motifs is 3. The highest BCUT2D eigenvalue weighted by Crippen LogP contribution is 2.46. The average Bonchev–Trinajstić information content (AvgIpc) is 2.71. The Hall–Kier alpha value is -1.62. The lowest BCUT2D eigenvalue weighted by molar-refractivity contribution is 0.625. The van der Waals surface area contributed by atoms with E-state index in [9.17, 15) is 0 Å². The number of hydrogen-bond acceptors (Lipinski definition) is 4. The van der Waals surface area contributed by atoms with E-state index in [0.717, 1.165) is 28.2 Å². The summed E-state index contributed by atoms with van der Waals surface area (Å²) in [5.41, 5.74) is 4.95. The van der Waals surface area contributed by atoms with Crippen molar-refractivity contribution in [2.45, 2.75) is 19.9 Å². The third-order valence-corrected chi connectivity index (χ3v) is 3.78. The number of halogens is 1. The molecule has 1 aliphatic heterocycles. The van der Waals surface area contributed by atoms with Crippen LogP contribution < -0.4 is 4.90 Å². The van der Waals surface area contributed by atoms with Gasteiger partial charge in [-0.15, -0.1) is 0 Å². The number of pyridine rings is 1. The van der Waals surface area contributed by atoms with Crippen LogP contribution in [0.15, 0.2) is 6.20 Å². The van der Waals surface area contributed by atoms with Gasteiger partial charge in [-0.25, -0.2) is 4.98 Å². The van der Waals surface area contributed by atoms with Crippen LogP contribution in [0.2, 0.25) is 5.15 Å². The molecule has 1 atom stereocenters. The van der Waals surface area contributed by atoms with Crippen LogP contribution in [0.25, 0.3) is 11.3 Å². The van der Waals surface area contributed by atoms with E-state index < -0.39 is 0 Å². The van der Waals surface area contributed by atoms with Gasteiger partial charge in [-0.1, -0.05) is 11.6 Å². The first kappa shape index (κ1) is 11.5. The highest BCUT2D eigenvalue weighted by atomic mass is 35.5. The highest BCUT2D eigenvalue weighted by molar-refractivity contribution is 6.33. The van der Waals surface area contributed by atoms with Crippen LogP contribution in [-0.4, -0.2) is 27.0 Å². The molecule has 1 unspecified atom stereocenters. The monoisotopic (exact) mass is 263 g/mol. The van der Waals surface area contributed by atoms with Crippen LogP contribution in [0.3, 0.4) is 0 Å². The van der Waals surface area contributed by atoms with Gasteiger partial charge in [0.1, 0.15) is 11.4 Å². The van der Waals surface area contributed by atoms with Gasteiger partial charge in [0.05, 0.1) is 11.7 Å². The Bertz CT molecular complexity index is 634. The number of rotatable bonds is 0. The number of hydrogen-bond donors (Lipinski definition) is 0. The molecule has 18 heavy (non-hydrogen) atoms. The van der Waals surface area contributed by atoms with Crippen LogP contribution in [-0.2, 0) is 7.05 Å². The lowest BCUT2D eigenvalue weighted by Crippen LogP contribution is -2.27. The quantitative estimate of drug-likeness (QED) is 0.685. The predicted octanol–water partition coefficient (Wildman–Crippen LogP) is 2.35. The summed E-state index contributed by atoms with van der Waals surface area (Å²) in [6.07, 6.45) is 1.78. The Balaban J connectivity index is 2.40. The first-order valence-corrected chi connectivity index (χ1v) is 6.18. The number of aryl methyl sites for hydroxylation is 2. The fourth-order valence-electron chi connectivity index (χ4n) is 2.45. The molecule has 2 aromatic rings. The molecule has 0 spiro atoms. The van der Waals surface area contributed by atoms with Crippen molar-refractivity contribution in [3.05, 3.63) is 22.6 Å². The summed E-state index contributed by atoms with van der Waals surface area (Å²) in [4.78, 5) is 7.94. The zero-order valence-corrected chi connectivity index (χ0v) is 11.5. The van der Waals surface area contributed by atoms with Gasteiger partial charge in [0.15, 0.2) is 5.15 Å². The van der Waals surface area contributed by atoms with Crippen molar-refractivity contribution < 1.29 is 0 Å². The van der Waals surface area contributed by atoms with Crippen molar-refractivity contribution in [1.82, 2.24) is 20.0 Å². The fourth-order valence-corrected chi connectivity index (χ4v) is 2.72. The van der Waals surface area contributed by atoms with Gasteiger partial charge in [0, 0.05) is 25.9 Å². The molecule has 0 aromatic carbocycles.